The number of aryl methyl sites for hydroxylation is 1. The largest absolute Gasteiger partial charge is 0.493 e. The third kappa shape index (κ3) is 3.61. The number of amides is 1. The Morgan fingerprint density at radius 2 is 1.80 bits per heavy atom. The van der Waals surface area contributed by atoms with Gasteiger partial charge in [0.25, 0.3) is 5.91 Å². The van der Waals surface area contributed by atoms with Crippen LogP contribution in [0, 0.1) is 6.92 Å². The monoisotopic (exact) mass is 355 g/mol. The molecule has 2 heterocycles. The highest BCUT2D eigenvalue weighted by Crippen LogP contribution is 2.35. The number of nitrogens with zero attached hydrogens (tertiary/aromatic N) is 2. The number of carbonyl (C=O) groups excluding carboxylic acids is 1. The number of aromatic nitrogens is 2. The molecule has 3 rings (SSSR count). The molecule has 0 unspecified atom stereocenters. The molecule has 6 nitrogen and oxygen atoms in total. The van der Waals surface area contributed by atoms with E-state index >= 15 is 0 Å². The van der Waals surface area contributed by atoms with Crippen molar-refractivity contribution in [2.24, 2.45) is 0 Å². The van der Waals surface area contributed by atoms with Crippen molar-refractivity contribution in [2.45, 2.75) is 6.92 Å². The maximum absolute atomic E-state index is 12.5. The predicted octanol–water partition coefficient (Wildman–Crippen LogP) is 3.78. The average Bonchev–Trinajstić information content (AvgIpc) is 3.03. The number of hydrogen-bond acceptors (Lipinski definition) is 6. The Morgan fingerprint density at radius 3 is 2.48 bits per heavy atom. The van der Waals surface area contributed by atoms with Gasteiger partial charge in [-0.05, 0) is 37.3 Å². The Hall–Kier alpha value is -2.93. The highest BCUT2D eigenvalue weighted by molar-refractivity contribution is 7.17. The third-order valence-corrected chi connectivity index (χ3v) is 4.78. The molecule has 3 aromatic rings. The van der Waals surface area contributed by atoms with Gasteiger partial charge < -0.3 is 14.8 Å². The van der Waals surface area contributed by atoms with Gasteiger partial charge in [-0.25, -0.2) is 4.98 Å². The lowest BCUT2D eigenvalue weighted by molar-refractivity contribution is 0.103. The Morgan fingerprint density at radius 1 is 1.08 bits per heavy atom. The minimum atomic E-state index is -0.187. The molecule has 0 spiro atoms. The number of hydrogen-bond donors (Lipinski definition) is 1. The maximum atomic E-state index is 12.5. The van der Waals surface area contributed by atoms with Gasteiger partial charge in [0, 0.05) is 23.6 Å². The molecule has 0 saturated carbocycles. The summed E-state index contributed by atoms with van der Waals surface area (Å²) in [5.74, 6) is 1.08. The Bertz CT molecular complexity index is 894. The van der Waals surface area contributed by atoms with E-state index in [9.17, 15) is 4.79 Å². The van der Waals surface area contributed by atoms with Crippen LogP contribution in [0.3, 0.4) is 0 Å². The number of nitrogens with one attached hydrogen (secondary N) is 1. The van der Waals surface area contributed by atoms with Crippen molar-refractivity contribution < 1.29 is 14.3 Å². The van der Waals surface area contributed by atoms with Crippen molar-refractivity contribution in [3.63, 3.8) is 0 Å². The van der Waals surface area contributed by atoms with Crippen molar-refractivity contribution >= 4 is 22.9 Å². The van der Waals surface area contributed by atoms with Gasteiger partial charge in [-0.1, -0.05) is 0 Å². The summed E-state index contributed by atoms with van der Waals surface area (Å²) in [4.78, 5) is 21.5. The number of thiazole rings is 1. The van der Waals surface area contributed by atoms with E-state index in [1.165, 1.54) is 11.3 Å². The molecular weight excluding hydrogens is 338 g/mol. The average molecular weight is 355 g/mol. The van der Waals surface area contributed by atoms with Crippen molar-refractivity contribution in [3.8, 4) is 22.1 Å². The quantitative estimate of drug-likeness (QED) is 0.754. The fourth-order valence-electron chi connectivity index (χ4n) is 2.32. The first-order chi connectivity index (χ1) is 12.1. The predicted molar refractivity (Wildman–Crippen MR) is 97.6 cm³/mol. The maximum Gasteiger partial charge on any atom is 0.267 e. The van der Waals surface area contributed by atoms with E-state index in [4.69, 9.17) is 9.47 Å². The zero-order valence-corrected chi connectivity index (χ0v) is 14.9. The molecule has 0 aliphatic heterocycles. The molecule has 0 radical (unpaired) electrons. The standard InChI is InChI=1S/C18H17N3O3S/c1-11-16(17(22)21-13-6-8-19-9-7-13)25-18(20-11)12-4-5-14(23-2)15(10-12)24-3/h4-10H,1-3H3,(H,19,21,22). The topological polar surface area (TPSA) is 73.3 Å². The molecule has 0 atom stereocenters. The van der Waals surface area contributed by atoms with Crippen LogP contribution in [0.4, 0.5) is 5.69 Å². The van der Waals surface area contributed by atoms with Gasteiger partial charge in [-0.15, -0.1) is 11.3 Å². The minimum Gasteiger partial charge on any atom is -0.493 e. The smallest absolute Gasteiger partial charge is 0.267 e. The van der Waals surface area contributed by atoms with Gasteiger partial charge in [-0.3, -0.25) is 9.78 Å². The van der Waals surface area contributed by atoms with E-state index in [0.717, 1.165) is 10.6 Å². The molecule has 0 fully saturated rings. The van der Waals surface area contributed by atoms with Crippen LogP contribution in [0.5, 0.6) is 11.5 Å². The van der Waals surface area contributed by atoms with Crippen molar-refractivity contribution in [3.05, 3.63) is 53.3 Å². The van der Waals surface area contributed by atoms with Crippen LogP contribution in [0.15, 0.2) is 42.7 Å². The van der Waals surface area contributed by atoms with E-state index in [2.05, 4.69) is 15.3 Å². The van der Waals surface area contributed by atoms with Crippen molar-refractivity contribution in [1.82, 2.24) is 9.97 Å². The fourth-order valence-corrected chi connectivity index (χ4v) is 3.28. The number of pyridine rings is 1. The first-order valence-electron chi connectivity index (χ1n) is 7.53. The minimum absolute atomic E-state index is 0.187. The fraction of sp³-hybridized carbons (Fsp3) is 0.167. The Balaban J connectivity index is 1.88. The zero-order valence-electron chi connectivity index (χ0n) is 14.1. The van der Waals surface area contributed by atoms with E-state index < -0.39 is 0 Å². The number of carbonyl (C=O) groups is 1. The molecule has 1 N–H and O–H groups in total. The van der Waals surface area contributed by atoms with E-state index in [1.54, 1.807) is 38.7 Å². The summed E-state index contributed by atoms with van der Waals surface area (Å²) < 4.78 is 10.6. The lowest BCUT2D eigenvalue weighted by Crippen LogP contribution is -2.11. The van der Waals surface area contributed by atoms with Crippen molar-refractivity contribution in [2.75, 3.05) is 19.5 Å². The van der Waals surface area contributed by atoms with Gasteiger partial charge in [0.1, 0.15) is 9.88 Å². The third-order valence-electron chi connectivity index (χ3n) is 3.57. The van der Waals surface area contributed by atoms with Gasteiger partial charge in [-0.2, -0.15) is 0 Å². The summed E-state index contributed by atoms with van der Waals surface area (Å²) in [6.45, 7) is 1.82. The van der Waals surface area contributed by atoms with E-state index in [0.29, 0.717) is 27.8 Å². The second-order valence-corrected chi connectivity index (χ2v) is 6.19. The number of anilines is 1. The van der Waals surface area contributed by atoms with Crippen LogP contribution in [0.1, 0.15) is 15.4 Å². The second-order valence-electron chi connectivity index (χ2n) is 5.19. The van der Waals surface area contributed by atoms with Crippen LogP contribution in [-0.4, -0.2) is 30.1 Å². The van der Waals surface area contributed by atoms with Crippen LogP contribution >= 0.6 is 11.3 Å². The number of ether oxygens (including phenoxy) is 2. The van der Waals surface area contributed by atoms with Crippen LogP contribution in [-0.2, 0) is 0 Å². The van der Waals surface area contributed by atoms with E-state index in [-0.39, 0.29) is 5.91 Å². The highest BCUT2D eigenvalue weighted by Gasteiger charge is 2.17. The first kappa shape index (κ1) is 16.9. The molecule has 0 aliphatic carbocycles. The number of methoxy groups -OCH3 is 2. The summed E-state index contributed by atoms with van der Waals surface area (Å²) in [7, 11) is 3.18. The Kier molecular flexibility index (Phi) is 4.95. The molecule has 1 aromatic carbocycles. The van der Waals surface area contributed by atoms with Gasteiger partial charge >= 0.3 is 0 Å². The molecule has 0 aliphatic rings. The molecular formula is C18H17N3O3S. The Labute approximate surface area is 149 Å². The van der Waals surface area contributed by atoms with Crippen LogP contribution in [0.25, 0.3) is 10.6 Å². The van der Waals surface area contributed by atoms with Gasteiger partial charge in [0.2, 0.25) is 0 Å². The van der Waals surface area contributed by atoms with Gasteiger partial charge in [0.05, 0.1) is 19.9 Å². The van der Waals surface area contributed by atoms with E-state index in [1.807, 2.05) is 25.1 Å². The number of rotatable bonds is 5. The normalized spacial score (nSPS) is 10.4. The summed E-state index contributed by atoms with van der Waals surface area (Å²) in [6.07, 6.45) is 3.26. The molecule has 25 heavy (non-hydrogen) atoms. The summed E-state index contributed by atoms with van der Waals surface area (Å²) in [6, 6.07) is 9.04. The van der Waals surface area contributed by atoms with Crippen molar-refractivity contribution in [1.29, 1.82) is 0 Å². The highest BCUT2D eigenvalue weighted by atomic mass is 32.1. The zero-order chi connectivity index (χ0) is 17.8. The van der Waals surface area contributed by atoms with Crippen LogP contribution in [0.2, 0.25) is 0 Å². The molecule has 0 saturated heterocycles. The lowest BCUT2D eigenvalue weighted by atomic mass is 10.2. The molecule has 1 amide bonds. The molecule has 128 valence electrons. The first-order valence-corrected chi connectivity index (χ1v) is 8.35. The lowest BCUT2D eigenvalue weighted by Gasteiger charge is -2.08. The molecule has 7 heteroatoms. The second kappa shape index (κ2) is 7.31. The van der Waals surface area contributed by atoms with Crippen LogP contribution < -0.4 is 14.8 Å². The molecule has 2 aromatic heterocycles. The number of benzene rings is 1. The SMILES string of the molecule is COc1ccc(-c2nc(C)c(C(=O)Nc3ccncc3)s2)cc1OC. The van der Waals surface area contributed by atoms with Gasteiger partial charge in [0.15, 0.2) is 11.5 Å². The summed E-state index contributed by atoms with van der Waals surface area (Å²) in [5, 5.41) is 3.60. The molecule has 0 bridgehead atoms. The summed E-state index contributed by atoms with van der Waals surface area (Å²) in [5.41, 5.74) is 2.25. The summed E-state index contributed by atoms with van der Waals surface area (Å²) >= 11 is 1.34.